The van der Waals surface area contributed by atoms with Gasteiger partial charge in [-0.2, -0.15) is 0 Å². The van der Waals surface area contributed by atoms with Crippen molar-refractivity contribution in [1.29, 1.82) is 0 Å². The van der Waals surface area contributed by atoms with E-state index in [1.165, 1.54) is 0 Å². The van der Waals surface area contributed by atoms with E-state index in [2.05, 4.69) is 11.0 Å². The highest BCUT2D eigenvalue weighted by Gasteiger charge is 2.25. The first-order chi connectivity index (χ1) is 10.2. The van der Waals surface area contributed by atoms with Crippen LogP contribution in [0.25, 0.3) is 0 Å². The molecule has 5 nitrogen and oxygen atoms in total. The molecule has 1 aromatic carbocycles. The van der Waals surface area contributed by atoms with Crippen LogP contribution < -0.4 is 15.4 Å². The minimum Gasteiger partial charge on any atom is -0.492 e. The van der Waals surface area contributed by atoms with Crippen LogP contribution in [0.1, 0.15) is 20.3 Å². The van der Waals surface area contributed by atoms with E-state index in [0.717, 1.165) is 24.5 Å². The van der Waals surface area contributed by atoms with E-state index in [9.17, 15) is 4.79 Å². The molecule has 1 heterocycles. The predicted molar refractivity (Wildman–Crippen MR) is 84.7 cm³/mol. The Bertz CT molecular complexity index is 470. The SMILES string of the molecule is CCOc1ccccc1N1CCN(C(=O)C(N)CC)CC1. The molecule has 0 spiro atoms. The molecule has 0 bridgehead atoms. The van der Waals surface area contributed by atoms with Crippen molar-refractivity contribution in [2.45, 2.75) is 26.3 Å². The number of anilines is 1. The smallest absolute Gasteiger partial charge is 0.239 e. The lowest BCUT2D eigenvalue weighted by Crippen LogP contribution is -2.53. The summed E-state index contributed by atoms with van der Waals surface area (Å²) >= 11 is 0. The largest absolute Gasteiger partial charge is 0.492 e. The summed E-state index contributed by atoms with van der Waals surface area (Å²) in [6.45, 7) is 7.63. The summed E-state index contributed by atoms with van der Waals surface area (Å²) in [6, 6.07) is 7.69. The fourth-order valence-corrected chi connectivity index (χ4v) is 2.57. The monoisotopic (exact) mass is 291 g/mol. The molecular weight excluding hydrogens is 266 g/mol. The van der Waals surface area contributed by atoms with Crippen LogP contribution in [0.15, 0.2) is 24.3 Å². The van der Waals surface area contributed by atoms with Crippen molar-refractivity contribution in [1.82, 2.24) is 4.90 Å². The second-order valence-corrected chi connectivity index (χ2v) is 5.23. The molecule has 1 aliphatic heterocycles. The van der Waals surface area contributed by atoms with Gasteiger partial charge in [0.1, 0.15) is 5.75 Å². The summed E-state index contributed by atoms with van der Waals surface area (Å²) in [5.74, 6) is 0.972. The van der Waals surface area contributed by atoms with Crippen LogP contribution >= 0.6 is 0 Å². The highest BCUT2D eigenvalue weighted by atomic mass is 16.5. The van der Waals surface area contributed by atoms with Crippen molar-refractivity contribution in [3.8, 4) is 5.75 Å². The van der Waals surface area contributed by atoms with E-state index in [1.807, 2.05) is 36.9 Å². The molecule has 1 unspecified atom stereocenters. The first kappa shape index (κ1) is 15.6. The molecule has 1 atom stereocenters. The third-order valence-corrected chi connectivity index (χ3v) is 3.85. The van der Waals surface area contributed by atoms with Gasteiger partial charge < -0.3 is 20.3 Å². The summed E-state index contributed by atoms with van der Waals surface area (Å²) < 4.78 is 5.68. The lowest BCUT2D eigenvalue weighted by atomic mass is 10.2. The van der Waals surface area contributed by atoms with E-state index in [0.29, 0.717) is 26.1 Å². The molecule has 1 aromatic rings. The zero-order valence-corrected chi connectivity index (χ0v) is 12.9. The number of carbonyl (C=O) groups excluding carboxylic acids is 1. The maximum atomic E-state index is 12.1. The Balaban J connectivity index is 1.99. The van der Waals surface area contributed by atoms with Crippen molar-refractivity contribution < 1.29 is 9.53 Å². The number of carbonyl (C=O) groups is 1. The molecule has 116 valence electrons. The second kappa shape index (κ2) is 7.31. The molecule has 5 heteroatoms. The van der Waals surface area contributed by atoms with Crippen LogP contribution in [-0.2, 0) is 4.79 Å². The standard InChI is InChI=1S/C16H25N3O2/c1-3-13(17)16(20)19-11-9-18(10-12-19)14-7-5-6-8-15(14)21-4-2/h5-8,13H,3-4,9-12,17H2,1-2H3. The van der Waals surface area contributed by atoms with Gasteiger partial charge in [-0.3, -0.25) is 4.79 Å². The summed E-state index contributed by atoms with van der Waals surface area (Å²) in [5, 5.41) is 0. The van der Waals surface area contributed by atoms with Crippen LogP contribution in [0.2, 0.25) is 0 Å². The maximum Gasteiger partial charge on any atom is 0.239 e. The maximum absolute atomic E-state index is 12.1. The zero-order chi connectivity index (χ0) is 15.2. The molecule has 0 radical (unpaired) electrons. The van der Waals surface area contributed by atoms with E-state index in [4.69, 9.17) is 10.5 Å². The van der Waals surface area contributed by atoms with Gasteiger partial charge in [-0.25, -0.2) is 0 Å². The van der Waals surface area contributed by atoms with E-state index >= 15 is 0 Å². The number of rotatable bonds is 5. The fraction of sp³-hybridized carbons (Fsp3) is 0.562. The predicted octanol–water partition coefficient (Wildman–Crippen LogP) is 1.47. The third kappa shape index (κ3) is 3.67. The number of nitrogens with zero attached hydrogens (tertiary/aromatic N) is 2. The number of amides is 1. The molecule has 21 heavy (non-hydrogen) atoms. The van der Waals surface area contributed by atoms with E-state index < -0.39 is 0 Å². The highest BCUT2D eigenvalue weighted by Crippen LogP contribution is 2.28. The fourth-order valence-electron chi connectivity index (χ4n) is 2.57. The Morgan fingerprint density at radius 1 is 1.24 bits per heavy atom. The van der Waals surface area contributed by atoms with Crippen LogP contribution in [0.3, 0.4) is 0 Å². The van der Waals surface area contributed by atoms with Gasteiger partial charge in [-0.15, -0.1) is 0 Å². The Hall–Kier alpha value is -1.75. The Morgan fingerprint density at radius 3 is 2.52 bits per heavy atom. The number of hydrogen-bond donors (Lipinski definition) is 1. The van der Waals surface area contributed by atoms with Crippen LogP contribution in [-0.4, -0.2) is 49.6 Å². The Morgan fingerprint density at radius 2 is 1.90 bits per heavy atom. The summed E-state index contributed by atoms with van der Waals surface area (Å²) in [5.41, 5.74) is 6.93. The number of ether oxygens (including phenoxy) is 1. The molecular formula is C16H25N3O2. The minimum absolute atomic E-state index is 0.0650. The van der Waals surface area contributed by atoms with Gasteiger partial charge in [0.25, 0.3) is 0 Å². The Labute approximate surface area is 126 Å². The Kier molecular flexibility index (Phi) is 5.44. The topological polar surface area (TPSA) is 58.8 Å². The molecule has 2 N–H and O–H groups in total. The normalized spacial score (nSPS) is 16.7. The minimum atomic E-state index is -0.368. The van der Waals surface area contributed by atoms with Crippen LogP contribution in [0, 0.1) is 0 Å². The van der Waals surface area contributed by atoms with Crippen LogP contribution in [0.4, 0.5) is 5.69 Å². The number of para-hydroxylation sites is 2. The van der Waals surface area contributed by atoms with Gasteiger partial charge in [0, 0.05) is 26.2 Å². The summed E-state index contributed by atoms with van der Waals surface area (Å²) in [4.78, 5) is 16.2. The lowest BCUT2D eigenvalue weighted by molar-refractivity contribution is -0.132. The van der Waals surface area contributed by atoms with E-state index in [1.54, 1.807) is 0 Å². The van der Waals surface area contributed by atoms with E-state index in [-0.39, 0.29) is 11.9 Å². The average molecular weight is 291 g/mol. The third-order valence-electron chi connectivity index (χ3n) is 3.85. The average Bonchev–Trinajstić information content (AvgIpc) is 2.54. The molecule has 1 saturated heterocycles. The molecule has 1 aliphatic rings. The van der Waals surface area contributed by atoms with Crippen molar-refractivity contribution in [3.63, 3.8) is 0 Å². The second-order valence-electron chi connectivity index (χ2n) is 5.23. The molecule has 0 aromatic heterocycles. The van der Waals surface area contributed by atoms with Crippen molar-refractivity contribution in [2.24, 2.45) is 5.73 Å². The van der Waals surface area contributed by atoms with Crippen molar-refractivity contribution in [2.75, 3.05) is 37.7 Å². The molecule has 1 amide bonds. The molecule has 1 fully saturated rings. The van der Waals surface area contributed by atoms with Gasteiger partial charge in [-0.05, 0) is 25.5 Å². The van der Waals surface area contributed by atoms with Crippen LogP contribution in [0.5, 0.6) is 5.75 Å². The van der Waals surface area contributed by atoms with Crippen molar-refractivity contribution in [3.05, 3.63) is 24.3 Å². The van der Waals surface area contributed by atoms with Gasteiger partial charge in [-0.1, -0.05) is 19.1 Å². The molecule has 0 aliphatic carbocycles. The van der Waals surface area contributed by atoms with Crippen molar-refractivity contribution >= 4 is 11.6 Å². The lowest BCUT2D eigenvalue weighted by Gasteiger charge is -2.37. The number of hydrogen-bond acceptors (Lipinski definition) is 4. The summed E-state index contributed by atoms with van der Waals surface area (Å²) in [7, 11) is 0. The first-order valence-corrected chi connectivity index (χ1v) is 7.68. The number of piperazine rings is 1. The number of benzene rings is 1. The van der Waals surface area contributed by atoms with Gasteiger partial charge in [0.2, 0.25) is 5.91 Å². The van der Waals surface area contributed by atoms with Gasteiger partial charge in [0.15, 0.2) is 0 Å². The zero-order valence-electron chi connectivity index (χ0n) is 12.9. The first-order valence-electron chi connectivity index (χ1n) is 7.68. The number of nitrogens with two attached hydrogens (primary N) is 1. The molecule has 0 saturated carbocycles. The van der Waals surface area contributed by atoms with Gasteiger partial charge in [0.05, 0.1) is 18.3 Å². The summed E-state index contributed by atoms with van der Waals surface area (Å²) in [6.07, 6.45) is 0.687. The quantitative estimate of drug-likeness (QED) is 0.892. The van der Waals surface area contributed by atoms with Gasteiger partial charge >= 0.3 is 0 Å². The molecule has 2 rings (SSSR count). The highest BCUT2D eigenvalue weighted by molar-refractivity contribution is 5.81.